The zero-order valence-corrected chi connectivity index (χ0v) is 14.3. The Morgan fingerprint density at radius 2 is 1.89 bits per heavy atom. The minimum atomic E-state index is -4.79. The Morgan fingerprint density at radius 1 is 1.15 bits per heavy atom. The fourth-order valence-corrected chi connectivity index (χ4v) is 2.56. The van der Waals surface area contributed by atoms with E-state index in [0.29, 0.717) is 0 Å². The van der Waals surface area contributed by atoms with E-state index in [0.717, 1.165) is 6.07 Å². The lowest BCUT2D eigenvalue weighted by molar-refractivity contribution is -0.159. The molecule has 140 valence electrons. The van der Waals surface area contributed by atoms with Crippen molar-refractivity contribution in [1.82, 2.24) is 15.5 Å². The molecule has 0 fully saturated rings. The van der Waals surface area contributed by atoms with Gasteiger partial charge in [-0.1, -0.05) is 22.8 Å². The minimum absolute atomic E-state index is 0.0411. The summed E-state index contributed by atoms with van der Waals surface area (Å²) in [6.45, 7) is 0. The van der Waals surface area contributed by atoms with Crippen molar-refractivity contribution in [1.29, 1.82) is 0 Å². The first-order chi connectivity index (χ1) is 12.7. The molecule has 0 aliphatic heterocycles. The summed E-state index contributed by atoms with van der Waals surface area (Å²) in [5.74, 6) is -3.06. The number of alkyl halides is 3. The van der Waals surface area contributed by atoms with Gasteiger partial charge in [-0.15, -0.1) is 0 Å². The van der Waals surface area contributed by atoms with Gasteiger partial charge in [0.15, 0.2) is 0 Å². The molecule has 0 saturated heterocycles. The van der Waals surface area contributed by atoms with Crippen molar-refractivity contribution < 1.29 is 26.9 Å². The van der Waals surface area contributed by atoms with E-state index in [2.05, 4.69) is 20.0 Å². The van der Waals surface area contributed by atoms with Gasteiger partial charge in [0.25, 0.3) is 5.91 Å². The van der Waals surface area contributed by atoms with Crippen LogP contribution in [-0.2, 0) is 6.18 Å². The summed E-state index contributed by atoms with van der Waals surface area (Å²) >= 11 is 5.75. The zero-order chi connectivity index (χ0) is 19.8. The van der Waals surface area contributed by atoms with Crippen LogP contribution >= 0.6 is 11.6 Å². The molecule has 0 unspecified atom stereocenters. The van der Waals surface area contributed by atoms with E-state index in [1.807, 2.05) is 0 Å². The number of carbonyl (C=O) groups is 1. The minimum Gasteiger partial charge on any atom is -0.355 e. The molecular formula is C17H10ClF4N3O2. The number of hydrogen-bond donors (Lipinski definition) is 1. The van der Waals surface area contributed by atoms with E-state index in [4.69, 9.17) is 11.6 Å². The van der Waals surface area contributed by atoms with Crippen molar-refractivity contribution in [2.24, 2.45) is 0 Å². The highest BCUT2D eigenvalue weighted by molar-refractivity contribution is 6.30. The van der Waals surface area contributed by atoms with Crippen LogP contribution < -0.4 is 5.32 Å². The molecule has 0 aliphatic rings. The normalized spacial score (nSPS) is 11.5. The predicted octanol–water partition coefficient (Wildman–Crippen LogP) is 4.57. The largest absolute Gasteiger partial charge is 0.471 e. The number of rotatable bonds is 3. The summed E-state index contributed by atoms with van der Waals surface area (Å²) in [5.41, 5.74) is 0.409. The molecule has 0 spiro atoms. The molecule has 1 amide bonds. The number of aromatic nitrogens is 2. The van der Waals surface area contributed by atoms with Gasteiger partial charge < -0.3 is 9.84 Å². The molecule has 0 bridgehead atoms. The molecule has 3 aromatic rings. The first-order valence-corrected chi connectivity index (χ1v) is 7.81. The third-order valence-electron chi connectivity index (χ3n) is 3.64. The second-order valence-corrected chi connectivity index (χ2v) is 5.82. The average Bonchev–Trinajstić information content (AvgIpc) is 3.11. The van der Waals surface area contributed by atoms with Gasteiger partial charge in [-0.05, 0) is 35.9 Å². The second kappa shape index (κ2) is 6.99. The summed E-state index contributed by atoms with van der Waals surface area (Å²) in [5, 5.41) is 5.87. The van der Waals surface area contributed by atoms with Gasteiger partial charge in [0.1, 0.15) is 5.82 Å². The monoisotopic (exact) mass is 399 g/mol. The number of benzene rings is 2. The molecule has 1 N–H and O–H groups in total. The Balaban J connectivity index is 2.16. The van der Waals surface area contributed by atoms with Crippen LogP contribution in [0.1, 0.15) is 16.2 Å². The number of halogens is 5. The third-order valence-corrected chi connectivity index (χ3v) is 3.87. The highest BCUT2D eigenvalue weighted by Crippen LogP contribution is 2.33. The van der Waals surface area contributed by atoms with Crippen LogP contribution in [0.3, 0.4) is 0 Å². The maximum Gasteiger partial charge on any atom is 0.471 e. The topological polar surface area (TPSA) is 68.0 Å². The predicted molar refractivity (Wildman–Crippen MR) is 88.5 cm³/mol. The van der Waals surface area contributed by atoms with Crippen LogP contribution in [0, 0.1) is 5.82 Å². The fourth-order valence-electron chi connectivity index (χ4n) is 2.40. The molecule has 2 aromatic carbocycles. The van der Waals surface area contributed by atoms with Crippen LogP contribution in [0.5, 0.6) is 0 Å². The van der Waals surface area contributed by atoms with Gasteiger partial charge in [-0.25, -0.2) is 4.39 Å². The van der Waals surface area contributed by atoms with Gasteiger partial charge >= 0.3 is 12.1 Å². The highest BCUT2D eigenvalue weighted by atomic mass is 35.5. The SMILES string of the molecule is CNC(=O)c1ccc(-c2noc(C(F)(F)F)n2)cc1-c1ccc(Cl)cc1F. The van der Waals surface area contributed by atoms with E-state index in [1.165, 1.54) is 37.4 Å². The summed E-state index contributed by atoms with van der Waals surface area (Å²) in [6, 6.07) is 7.83. The van der Waals surface area contributed by atoms with E-state index in [9.17, 15) is 22.4 Å². The summed E-state index contributed by atoms with van der Waals surface area (Å²) in [4.78, 5) is 15.4. The Hall–Kier alpha value is -2.94. The first kappa shape index (κ1) is 18.8. The number of hydrogen-bond acceptors (Lipinski definition) is 4. The second-order valence-electron chi connectivity index (χ2n) is 5.38. The van der Waals surface area contributed by atoms with Crippen molar-refractivity contribution in [3.05, 3.63) is 58.7 Å². The van der Waals surface area contributed by atoms with E-state index >= 15 is 0 Å². The van der Waals surface area contributed by atoms with Crippen molar-refractivity contribution in [2.75, 3.05) is 7.05 Å². The quantitative estimate of drug-likeness (QED) is 0.655. The lowest BCUT2D eigenvalue weighted by Crippen LogP contribution is -2.18. The van der Waals surface area contributed by atoms with E-state index in [-0.39, 0.29) is 33.1 Å². The fraction of sp³-hybridized carbons (Fsp3) is 0.118. The van der Waals surface area contributed by atoms with Gasteiger partial charge in [-0.3, -0.25) is 4.79 Å². The van der Waals surface area contributed by atoms with Crippen molar-refractivity contribution in [3.8, 4) is 22.5 Å². The van der Waals surface area contributed by atoms with Crippen molar-refractivity contribution in [3.63, 3.8) is 0 Å². The van der Waals surface area contributed by atoms with Crippen LogP contribution in [0.15, 0.2) is 40.9 Å². The number of nitrogens with zero attached hydrogens (tertiary/aromatic N) is 2. The Kier molecular flexibility index (Phi) is 4.88. The molecule has 3 rings (SSSR count). The molecule has 1 aromatic heterocycles. The van der Waals surface area contributed by atoms with Crippen molar-refractivity contribution in [2.45, 2.75) is 6.18 Å². The molecule has 0 aliphatic carbocycles. The van der Waals surface area contributed by atoms with E-state index in [1.54, 1.807) is 0 Å². The standard InChI is InChI=1S/C17H10ClF4N3O2/c1-23-15(26)11-4-2-8(14-24-16(27-25-14)17(20,21)22)6-12(11)10-5-3-9(18)7-13(10)19/h2-7H,1H3,(H,23,26). The number of amides is 1. The average molecular weight is 400 g/mol. The van der Waals surface area contributed by atoms with Gasteiger partial charge in [0.05, 0.1) is 0 Å². The van der Waals surface area contributed by atoms with Crippen LogP contribution in [0.4, 0.5) is 17.6 Å². The number of nitrogens with one attached hydrogen (secondary N) is 1. The Labute approximate surface area is 155 Å². The molecular weight excluding hydrogens is 390 g/mol. The lowest BCUT2D eigenvalue weighted by atomic mass is 9.96. The van der Waals surface area contributed by atoms with Crippen LogP contribution in [0.25, 0.3) is 22.5 Å². The third kappa shape index (κ3) is 3.77. The van der Waals surface area contributed by atoms with Gasteiger partial charge in [0.2, 0.25) is 5.82 Å². The van der Waals surface area contributed by atoms with Gasteiger partial charge in [0, 0.05) is 28.8 Å². The molecule has 0 radical (unpaired) electrons. The van der Waals surface area contributed by atoms with Crippen LogP contribution in [0.2, 0.25) is 5.02 Å². The lowest BCUT2D eigenvalue weighted by Gasteiger charge is -2.11. The summed E-state index contributed by atoms with van der Waals surface area (Å²) in [7, 11) is 1.40. The van der Waals surface area contributed by atoms with Crippen molar-refractivity contribution >= 4 is 17.5 Å². The highest BCUT2D eigenvalue weighted by Gasteiger charge is 2.38. The maximum absolute atomic E-state index is 14.4. The zero-order valence-electron chi connectivity index (χ0n) is 13.6. The molecule has 27 heavy (non-hydrogen) atoms. The molecule has 0 atom stereocenters. The smallest absolute Gasteiger partial charge is 0.355 e. The summed E-state index contributed by atoms with van der Waals surface area (Å²) < 4.78 is 56.5. The molecule has 1 heterocycles. The Morgan fingerprint density at radius 3 is 2.48 bits per heavy atom. The summed E-state index contributed by atoms with van der Waals surface area (Å²) in [6.07, 6.45) is -4.79. The number of carbonyl (C=O) groups excluding carboxylic acids is 1. The Bertz CT molecular complexity index is 1020. The molecule has 5 nitrogen and oxygen atoms in total. The maximum atomic E-state index is 14.4. The van der Waals surface area contributed by atoms with Gasteiger partial charge in [-0.2, -0.15) is 18.2 Å². The first-order valence-electron chi connectivity index (χ1n) is 7.43. The molecule has 10 heteroatoms. The molecule has 0 saturated carbocycles. The van der Waals surface area contributed by atoms with E-state index < -0.39 is 23.8 Å². The van der Waals surface area contributed by atoms with Crippen LogP contribution in [-0.4, -0.2) is 23.1 Å².